The average Bonchev–Trinajstić information content (AvgIpc) is 2.85. The molecule has 0 bridgehead atoms. The molecule has 1 amide bonds. The van der Waals surface area contributed by atoms with E-state index in [1.807, 2.05) is 0 Å². The standard InChI is InChI=1S/C12H12BrFN4O3/c1-2-20-12-16-11(17-18-12)15-10(19)6-21-9-4-3-7(14)5-8(9)13/h3-5H,2,6H2,1H3,(H2,15,16,17,18,19). The molecule has 1 heterocycles. The molecule has 21 heavy (non-hydrogen) atoms. The van der Waals surface area contributed by atoms with Crippen LogP contribution in [0.15, 0.2) is 22.7 Å². The minimum atomic E-state index is -0.439. The highest BCUT2D eigenvalue weighted by atomic mass is 79.9. The molecule has 0 aliphatic heterocycles. The summed E-state index contributed by atoms with van der Waals surface area (Å²) in [5.41, 5.74) is 0. The van der Waals surface area contributed by atoms with E-state index in [1.165, 1.54) is 18.2 Å². The second-order valence-corrected chi connectivity index (χ2v) is 4.67. The second-order valence-electron chi connectivity index (χ2n) is 3.81. The number of rotatable bonds is 6. The summed E-state index contributed by atoms with van der Waals surface area (Å²) in [7, 11) is 0. The number of halogens is 2. The lowest BCUT2D eigenvalue weighted by Gasteiger charge is -2.07. The van der Waals surface area contributed by atoms with Gasteiger partial charge in [-0.3, -0.25) is 10.1 Å². The van der Waals surface area contributed by atoms with Gasteiger partial charge in [0.1, 0.15) is 11.6 Å². The van der Waals surface area contributed by atoms with Crippen molar-refractivity contribution in [1.82, 2.24) is 15.2 Å². The third-order valence-corrected chi connectivity index (χ3v) is 2.87. The van der Waals surface area contributed by atoms with Crippen LogP contribution in [0.5, 0.6) is 11.8 Å². The van der Waals surface area contributed by atoms with Gasteiger partial charge in [0.25, 0.3) is 5.91 Å². The number of hydrogen-bond donors (Lipinski definition) is 2. The number of aromatic nitrogens is 3. The van der Waals surface area contributed by atoms with Gasteiger partial charge in [-0.05, 0) is 41.1 Å². The number of benzene rings is 1. The maximum Gasteiger partial charge on any atom is 0.337 e. The number of aromatic amines is 1. The van der Waals surface area contributed by atoms with E-state index in [1.54, 1.807) is 6.92 Å². The van der Waals surface area contributed by atoms with E-state index < -0.39 is 11.7 Å². The lowest BCUT2D eigenvalue weighted by molar-refractivity contribution is -0.118. The fraction of sp³-hybridized carbons (Fsp3) is 0.250. The summed E-state index contributed by atoms with van der Waals surface area (Å²) in [4.78, 5) is 15.6. The summed E-state index contributed by atoms with van der Waals surface area (Å²) in [6, 6.07) is 4.06. The second kappa shape index (κ2) is 7.02. The first-order valence-corrected chi connectivity index (χ1v) is 6.80. The van der Waals surface area contributed by atoms with Gasteiger partial charge in [-0.25, -0.2) is 9.49 Å². The van der Waals surface area contributed by atoms with Gasteiger partial charge in [-0.15, -0.1) is 5.10 Å². The molecular weight excluding hydrogens is 347 g/mol. The Kier molecular flexibility index (Phi) is 5.09. The molecule has 9 heteroatoms. The van der Waals surface area contributed by atoms with E-state index in [9.17, 15) is 9.18 Å². The van der Waals surface area contributed by atoms with Gasteiger partial charge in [-0.2, -0.15) is 4.98 Å². The summed E-state index contributed by atoms with van der Waals surface area (Å²) >= 11 is 3.14. The molecule has 112 valence electrons. The van der Waals surface area contributed by atoms with Gasteiger partial charge in [0.15, 0.2) is 6.61 Å². The van der Waals surface area contributed by atoms with Crippen molar-refractivity contribution in [2.24, 2.45) is 0 Å². The van der Waals surface area contributed by atoms with Crippen LogP contribution in [0.3, 0.4) is 0 Å². The molecule has 1 aromatic carbocycles. The van der Waals surface area contributed by atoms with Crippen molar-refractivity contribution in [3.05, 3.63) is 28.5 Å². The van der Waals surface area contributed by atoms with Gasteiger partial charge < -0.3 is 9.47 Å². The minimum Gasteiger partial charge on any atom is -0.483 e. The Bertz CT molecular complexity index is 635. The normalized spacial score (nSPS) is 10.2. The number of hydrogen-bond acceptors (Lipinski definition) is 5. The van der Waals surface area contributed by atoms with Crippen molar-refractivity contribution in [3.63, 3.8) is 0 Å². The summed E-state index contributed by atoms with van der Waals surface area (Å²) in [5.74, 6) is -0.321. The number of ether oxygens (including phenoxy) is 2. The molecule has 2 rings (SSSR count). The fourth-order valence-corrected chi connectivity index (χ4v) is 1.86. The van der Waals surface area contributed by atoms with Crippen LogP contribution in [0.4, 0.5) is 10.3 Å². The Labute approximate surface area is 128 Å². The third kappa shape index (κ3) is 4.42. The Morgan fingerprint density at radius 1 is 1.48 bits per heavy atom. The van der Waals surface area contributed by atoms with Gasteiger partial charge >= 0.3 is 6.01 Å². The third-order valence-electron chi connectivity index (χ3n) is 2.25. The van der Waals surface area contributed by atoms with Gasteiger partial charge in [0, 0.05) is 0 Å². The predicted molar refractivity (Wildman–Crippen MR) is 75.8 cm³/mol. The van der Waals surface area contributed by atoms with Crippen LogP contribution in [0.25, 0.3) is 0 Å². The Balaban J connectivity index is 1.86. The number of carbonyl (C=O) groups is 1. The van der Waals surface area contributed by atoms with E-state index in [0.29, 0.717) is 16.8 Å². The molecule has 2 N–H and O–H groups in total. The first-order chi connectivity index (χ1) is 10.1. The van der Waals surface area contributed by atoms with Gasteiger partial charge in [0.2, 0.25) is 5.95 Å². The Morgan fingerprint density at radius 2 is 2.29 bits per heavy atom. The summed E-state index contributed by atoms with van der Waals surface area (Å²) in [6.07, 6.45) is 0. The predicted octanol–water partition coefficient (Wildman–Crippen LogP) is 2.12. The molecule has 0 atom stereocenters. The Hall–Kier alpha value is -2.16. The van der Waals surface area contributed by atoms with Crippen molar-refractivity contribution in [2.45, 2.75) is 6.92 Å². The van der Waals surface area contributed by atoms with Crippen LogP contribution in [0.1, 0.15) is 6.92 Å². The topological polar surface area (TPSA) is 89.1 Å². The van der Waals surface area contributed by atoms with Crippen LogP contribution in [-0.2, 0) is 4.79 Å². The molecule has 0 saturated heterocycles. The van der Waals surface area contributed by atoms with E-state index in [-0.39, 0.29) is 18.6 Å². The molecule has 0 fully saturated rings. The number of nitrogens with one attached hydrogen (secondary N) is 2. The van der Waals surface area contributed by atoms with E-state index in [2.05, 4.69) is 36.4 Å². The largest absolute Gasteiger partial charge is 0.483 e. The highest BCUT2D eigenvalue weighted by Crippen LogP contribution is 2.25. The molecule has 1 aromatic heterocycles. The quantitative estimate of drug-likeness (QED) is 0.825. The van der Waals surface area contributed by atoms with E-state index >= 15 is 0 Å². The van der Waals surface area contributed by atoms with Crippen molar-refractivity contribution in [2.75, 3.05) is 18.5 Å². The highest BCUT2D eigenvalue weighted by Gasteiger charge is 2.10. The Morgan fingerprint density at radius 3 is 3.00 bits per heavy atom. The van der Waals surface area contributed by atoms with Crippen LogP contribution in [0, 0.1) is 5.82 Å². The first-order valence-electron chi connectivity index (χ1n) is 6.01. The van der Waals surface area contributed by atoms with Crippen LogP contribution < -0.4 is 14.8 Å². The molecule has 0 aliphatic rings. The van der Waals surface area contributed by atoms with Crippen LogP contribution in [0.2, 0.25) is 0 Å². The summed E-state index contributed by atoms with van der Waals surface area (Å²) in [5, 5.41) is 8.70. The molecule has 0 saturated carbocycles. The van der Waals surface area contributed by atoms with E-state index in [0.717, 1.165) is 0 Å². The number of carbonyl (C=O) groups excluding carboxylic acids is 1. The van der Waals surface area contributed by atoms with Crippen LogP contribution >= 0.6 is 15.9 Å². The lowest BCUT2D eigenvalue weighted by atomic mass is 10.3. The van der Waals surface area contributed by atoms with Crippen molar-refractivity contribution < 1.29 is 18.7 Å². The minimum absolute atomic E-state index is 0.148. The van der Waals surface area contributed by atoms with Crippen LogP contribution in [-0.4, -0.2) is 34.3 Å². The van der Waals surface area contributed by atoms with Crippen molar-refractivity contribution >= 4 is 27.8 Å². The molecule has 0 spiro atoms. The number of H-pyrrole nitrogens is 1. The first kappa shape index (κ1) is 15.2. The zero-order valence-electron chi connectivity index (χ0n) is 11.0. The number of amides is 1. The number of nitrogens with zero attached hydrogens (tertiary/aromatic N) is 2. The maximum absolute atomic E-state index is 12.9. The fourth-order valence-electron chi connectivity index (χ4n) is 1.40. The zero-order chi connectivity index (χ0) is 15.2. The summed E-state index contributed by atoms with van der Waals surface area (Å²) < 4.78 is 23.6. The van der Waals surface area contributed by atoms with Crippen molar-refractivity contribution in [1.29, 1.82) is 0 Å². The zero-order valence-corrected chi connectivity index (χ0v) is 12.6. The SMILES string of the molecule is CCOc1n[nH]c(NC(=O)COc2ccc(F)cc2Br)n1. The molecule has 0 unspecified atom stereocenters. The van der Waals surface area contributed by atoms with Crippen molar-refractivity contribution in [3.8, 4) is 11.8 Å². The lowest BCUT2D eigenvalue weighted by Crippen LogP contribution is -2.21. The monoisotopic (exact) mass is 358 g/mol. The van der Waals surface area contributed by atoms with E-state index in [4.69, 9.17) is 9.47 Å². The molecule has 0 radical (unpaired) electrons. The van der Waals surface area contributed by atoms with Gasteiger partial charge in [-0.1, -0.05) is 0 Å². The highest BCUT2D eigenvalue weighted by molar-refractivity contribution is 9.10. The summed E-state index contributed by atoms with van der Waals surface area (Å²) in [6.45, 7) is 1.96. The maximum atomic E-state index is 12.9. The number of anilines is 1. The molecule has 2 aromatic rings. The van der Waals surface area contributed by atoms with Gasteiger partial charge in [0.05, 0.1) is 11.1 Å². The smallest absolute Gasteiger partial charge is 0.337 e. The molecule has 0 aliphatic carbocycles. The molecular formula is C12H12BrFN4O3. The average molecular weight is 359 g/mol. The molecule has 7 nitrogen and oxygen atoms in total.